The van der Waals surface area contributed by atoms with Crippen molar-refractivity contribution in [3.8, 4) is 11.5 Å². The van der Waals surface area contributed by atoms with Crippen LogP contribution in [0.2, 0.25) is 0 Å². The molecular weight excluding hydrogens is 244 g/mol. The molecule has 0 aliphatic carbocycles. The van der Waals surface area contributed by atoms with Gasteiger partial charge in [-0.2, -0.15) is 0 Å². The van der Waals surface area contributed by atoms with Crippen molar-refractivity contribution in [2.75, 3.05) is 20.1 Å². The summed E-state index contributed by atoms with van der Waals surface area (Å²) in [7, 11) is 3.06. The average molecular weight is 261 g/mol. The quantitative estimate of drug-likeness (QED) is 0.765. The third-order valence-corrected chi connectivity index (χ3v) is 2.70. The molecule has 1 aromatic rings. The second-order valence-corrected chi connectivity index (χ2v) is 4.01. The normalized spacial score (nSPS) is 14.2. The zero-order valence-corrected chi connectivity index (χ0v) is 10.6. The van der Waals surface area contributed by atoms with Gasteiger partial charge in [0.15, 0.2) is 0 Å². The van der Waals surface area contributed by atoms with Crippen LogP contribution in [0.15, 0.2) is 18.2 Å². The molecule has 0 radical (unpaired) electrons. The van der Waals surface area contributed by atoms with Gasteiger partial charge in [-0.05, 0) is 24.1 Å². The molecule has 96 valence electrons. The molecule has 0 aliphatic heterocycles. The first kappa shape index (κ1) is 14.1. The first-order valence-electron chi connectivity index (χ1n) is 5.27. The number of aliphatic hydroxyl groups excluding tert-OH is 2. The molecule has 2 N–H and O–H groups in total. The van der Waals surface area contributed by atoms with Crippen LogP contribution in [0.3, 0.4) is 0 Å². The van der Waals surface area contributed by atoms with Crippen LogP contribution in [-0.2, 0) is 0 Å². The Morgan fingerprint density at radius 3 is 2.06 bits per heavy atom. The Morgan fingerprint density at radius 1 is 1.12 bits per heavy atom. The maximum atomic E-state index is 9.94. The average Bonchev–Trinajstić information content (AvgIpc) is 2.37. The topological polar surface area (TPSA) is 58.9 Å². The Balaban J connectivity index is 2.95. The molecule has 5 heteroatoms. The summed E-state index contributed by atoms with van der Waals surface area (Å²) < 4.78 is 10.2. The number of benzene rings is 1. The van der Waals surface area contributed by atoms with Crippen molar-refractivity contribution in [3.05, 3.63) is 23.8 Å². The first-order chi connectivity index (χ1) is 8.12. The van der Waals surface area contributed by atoms with Crippen molar-refractivity contribution in [2.45, 2.75) is 18.6 Å². The van der Waals surface area contributed by atoms with E-state index in [0.29, 0.717) is 29.4 Å². The Morgan fingerprint density at radius 2 is 1.65 bits per heavy atom. The molecule has 0 bridgehead atoms. The highest BCUT2D eigenvalue weighted by atomic mass is 35.5. The van der Waals surface area contributed by atoms with Gasteiger partial charge in [-0.1, -0.05) is 0 Å². The van der Waals surface area contributed by atoms with Gasteiger partial charge in [-0.3, -0.25) is 0 Å². The number of methoxy groups -OCH3 is 2. The van der Waals surface area contributed by atoms with E-state index in [9.17, 15) is 10.2 Å². The third-order valence-electron chi connectivity index (χ3n) is 2.48. The Bertz CT molecular complexity index is 334. The highest BCUT2D eigenvalue weighted by Crippen LogP contribution is 2.28. The van der Waals surface area contributed by atoms with Gasteiger partial charge in [-0.25, -0.2) is 0 Å². The highest BCUT2D eigenvalue weighted by Gasteiger charge is 2.19. The van der Waals surface area contributed by atoms with Crippen molar-refractivity contribution < 1.29 is 19.7 Å². The smallest absolute Gasteiger partial charge is 0.122 e. The van der Waals surface area contributed by atoms with E-state index in [4.69, 9.17) is 21.1 Å². The van der Waals surface area contributed by atoms with Crippen LogP contribution in [0, 0.1) is 0 Å². The monoisotopic (exact) mass is 260 g/mol. The van der Waals surface area contributed by atoms with E-state index in [1.165, 1.54) is 14.2 Å². The van der Waals surface area contributed by atoms with E-state index < -0.39 is 12.2 Å². The second-order valence-electron chi connectivity index (χ2n) is 3.64. The minimum absolute atomic E-state index is 0.291. The summed E-state index contributed by atoms with van der Waals surface area (Å²) in [5.74, 6) is 1.42. The fourth-order valence-corrected chi connectivity index (χ4v) is 1.72. The number of rotatable bonds is 6. The molecule has 17 heavy (non-hydrogen) atoms. The van der Waals surface area contributed by atoms with Crippen LogP contribution in [0.25, 0.3) is 0 Å². The molecule has 0 heterocycles. The van der Waals surface area contributed by atoms with E-state index in [1.807, 2.05) is 0 Å². The van der Waals surface area contributed by atoms with Gasteiger partial charge in [0.05, 0.1) is 20.3 Å². The molecule has 1 rings (SSSR count). The number of ether oxygens (including phenoxy) is 2. The maximum absolute atomic E-state index is 9.94. The molecule has 0 saturated carbocycles. The largest absolute Gasteiger partial charge is 0.497 e. The lowest BCUT2D eigenvalue weighted by molar-refractivity contribution is 0.0168. The molecule has 2 atom stereocenters. The molecule has 0 amide bonds. The summed E-state index contributed by atoms with van der Waals surface area (Å²) >= 11 is 5.52. The minimum Gasteiger partial charge on any atom is -0.497 e. The van der Waals surface area contributed by atoms with Gasteiger partial charge in [0.25, 0.3) is 0 Å². The molecule has 0 aromatic heterocycles. The van der Waals surface area contributed by atoms with Crippen molar-refractivity contribution >= 4 is 11.6 Å². The summed E-state index contributed by atoms with van der Waals surface area (Å²) in [4.78, 5) is 0. The van der Waals surface area contributed by atoms with Gasteiger partial charge in [0.1, 0.15) is 17.6 Å². The van der Waals surface area contributed by atoms with E-state index in [-0.39, 0.29) is 0 Å². The van der Waals surface area contributed by atoms with Gasteiger partial charge in [0, 0.05) is 11.9 Å². The van der Waals surface area contributed by atoms with Crippen molar-refractivity contribution in [3.63, 3.8) is 0 Å². The molecule has 0 spiro atoms. The predicted octanol–water partition coefficient (Wildman–Crippen LogP) is 1.73. The standard InChI is InChI=1S/C12H17ClO4/c1-16-9-5-8(6-10(7-9)17-2)12(15)11(14)3-4-13/h5-7,11-12,14-15H,3-4H2,1-2H3. The van der Waals surface area contributed by atoms with Crippen LogP contribution >= 0.6 is 11.6 Å². The Kier molecular flexibility index (Phi) is 5.55. The Labute approximate surface area is 106 Å². The summed E-state index contributed by atoms with van der Waals surface area (Å²) in [5, 5.41) is 19.6. The van der Waals surface area contributed by atoms with Crippen LogP contribution in [0.5, 0.6) is 11.5 Å². The van der Waals surface area contributed by atoms with Crippen molar-refractivity contribution in [1.29, 1.82) is 0 Å². The molecule has 1 aromatic carbocycles. The number of halogens is 1. The van der Waals surface area contributed by atoms with Crippen molar-refractivity contribution in [1.82, 2.24) is 0 Å². The van der Waals surface area contributed by atoms with Crippen molar-refractivity contribution in [2.24, 2.45) is 0 Å². The molecule has 0 aliphatic rings. The van der Waals surface area contributed by atoms with Gasteiger partial charge < -0.3 is 19.7 Å². The molecule has 0 fully saturated rings. The number of aliphatic hydroxyl groups is 2. The maximum Gasteiger partial charge on any atom is 0.122 e. The van der Waals surface area contributed by atoms with E-state index in [0.717, 1.165) is 0 Å². The summed E-state index contributed by atoms with van der Waals surface area (Å²) in [6, 6.07) is 5.01. The molecular formula is C12H17ClO4. The predicted molar refractivity (Wildman–Crippen MR) is 65.8 cm³/mol. The van der Waals surface area contributed by atoms with Crippen LogP contribution in [0.1, 0.15) is 18.1 Å². The fourth-order valence-electron chi connectivity index (χ4n) is 1.49. The fraction of sp³-hybridized carbons (Fsp3) is 0.500. The van der Waals surface area contributed by atoms with Gasteiger partial charge in [0.2, 0.25) is 0 Å². The number of hydrogen-bond acceptors (Lipinski definition) is 4. The first-order valence-corrected chi connectivity index (χ1v) is 5.81. The van der Waals surface area contributed by atoms with Crippen LogP contribution < -0.4 is 9.47 Å². The number of alkyl halides is 1. The summed E-state index contributed by atoms with van der Waals surface area (Å²) in [6.45, 7) is 0. The minimum atomic E-state index is -1.00. The zero-order valence-electron chi connectivity index (χ0n) is 9.89. The lowest BCUT2D eigenvalue weighted by Crippen LogP contribution is -2.18. The van der Waals surface area contributed by atoms with Gasteiger partial charge in [-0.15, -0.1) is 11.6 Å². The SMILES string of the molecule is COc1cc(OC)cc(C(O)C(O)CCCl)c1. The van der Waals surface area contributed by atoms with Crippen LogP contribution in [-0.4, -0.2) is 36.4 Å². The highest BCUT2D eigenvalue weighted by molar-refractivity contribution is 6.17. The van der Waals surface area contributed by atoms with Crippen LogP contribution in [0.4, 0.5) is 0 Å². The van der Waals surface area contributed by atoms with E-state index in [2.05, 4.69) is 0 Å². The zero-order chi connectivity index (χ0) is 12.8. The molecule has 4 nitrogen and oxygen atoms in total. The molecule has 0 saturated heterocycles. The second kappa shape index (κ2) is 6.69. The lowest BCUT2D eigenvalue weighted by atomic mass is 10.0. The Hall–Kier alpha value is -0.970. The third kappa shape index (κ3) is 3.77. The number of hydrogen-bond donors (Lipinski definition) is 2. The summed E-state index contributed by atoms with van der Waals surface area (Å²) in [5.41, 5.74) is 0.541. The molecule has 2 unspecified atom stereocenters. The lowest BCUT2D eigenvalue weighted by Gasteiger charge is -2.18. The van der Waals surface area contributed by atoms with E-state index >= 15 is 0 Å². The summed E-state index contributed by atoms with van der Waals surface area (Å²) in [6.07, 6.45) is -1.58. The van der Waals surface area contributed by atoms with Gasteiger partial charge >= 0.3 is 0 Å². The van der Waals surface area contributed by atoms with E-state index in [1.54, 1.807) is 18.2 Å².